The molecule has 0 aliphatic carbocycles. The zero-order valence-corrected chi connectivity index (χ0v) is 14.0. The first-order valence-electron chi connectivity index (χ1n) is 6.61. The van der Waals surface area contributed by atoms with Gasteiger partial charge in [0, 0.05) is 7.05 Å². The van der Waals surface area contributed by atoms with Gasteiger partial charge < -0.3 is 10.1 Å². The van der Waals surface area contributed by atoms with E-state index in [0.29, 0.717) is 4.47 Å². The van der Waals surface area contributed by atoms with Crippen molar-refractivity contribution < 1.29 is 40.8 Å². The van der Waals surface area contributed by atoms with Crippen molar-refractivity contribution in [3.63, 3.8) is 0 Å². The van der Waals surface area contributed by atoms with Gasteiger partial charge in [0.15, 0.2) is 6.61 Å². The highest BCUT2D eigenvalue weighted by Gasteiger charge is 2.28. The highest BCUT2D eigenvalue weighted by atomic mass is 32.2. The fourth-order valence-electron chi connectivity index (χ4n) is 1.47. The number of esters is 1. The van der Waals surface area contributed by atoms with Crippen LogP contribution in [0.3, 0.4) is 0 Å². The zero-order valence-electron chi connectivity index (χ0n) is 13.2. The third kappa shape index (κ3) is 6.32. The average molecular weight is 384 g/mol. The number of benzene rings is 1. The number of alkyl halides is 3. The van der Waals surface area contributed by atoms with E-state index in [-0.39, 0.29) is 10.5 Å². The number of sulfonamides is 1. The van der Waals surface area contributed by atoms with Gasteiger partial charge >= 0.3 is 12.1 Å². The minimum absolute atomic E-state index is 0.0809. The van der Waals surface area contributed by atoms with Crippen LogP contribution in [0.5, 0.6) is 0 Å². The number of amides is 1. The smallest absolute Gasteiger partial charge is 0.405 e. The number of hydrogen-bond donors (Lipinski definition) is 1. The third-order valence-corrected chi connectivity index (χ3v) is 4.50. The lowest BCUT2D eigenvalue weighted by molar-refractivity contribution is -0.140. The van der Waals surface area contributed by atoms with E-state index in [9.17, 15) is 31.2 Å². The maximum atomic E-state index is 12.0. The Morgan fingerprint density at radius 3 is 2.24 bits per heavy atom. The van der Waals surface area contributed by atoms with Crippen LogP contribution in [0.1, 0.15) is 10.4 Å². The van der Waals surface area contributed by atoms with Gasteiger partial charge in [0.05, 0.1) is 17.6 Å². The number of hydrogen-bond acceptors (Lipinski definition) is 6. The lowest BCUT2D eigenvalue weighted by Crippen LogP contribution is -2.36. The molecule has 8 nitrogen and oxygen atoms in total. The largest absolute Gasteiger partial charge is 0.452 e. The molecule has 12 heteroatoms. The Hall–Kier alpha value is -2.18. The maximum Gasteiger partial charge on any atom is 0.405 e. The van der Waals surface area contributed by atoms with Gasteiger partial charge in [-0.2, -0.15) is 13.2 Å². The summed E-state index contributed by atoms with van der Waals surface area (Å²) in [6.45, 7) is -2.44. The molecule has 0 heterocycles. The van der Waals surface area contributed by atoms with Crippen LogP contribution >= 0.6 is 0 Å². The van der Waals surface area contributed by atoms with E-state index in [2.05, 4.69) is 9.57 Å². The van der Waals surface area contributed by atoms with E-state index in [4.69, 9.17) is 0 Å². The van der Waals surface area contributed by atoms with Crippen molar-refractivity contribution in [1.82, 2.24) is 9.79 Å². The van der Waals surface area contributed by atoms with Gasteiger partial charge in [0.2, 0.25) is 0 Å². The summed E-state index contributed by atoms with van der Waals surface area (Å²) in [5.41, 5.74) is -0.0809. The van der Waals surface area contributed by atoms with E-state index < -0.39 is 41.2 Å². The number of carbonyl (C=O) groups excluding carboxylic acids is 2. The first kappa shape index (κ1) is 20.9. The Labute approximate surface area is 141 Å². The second-order valence-electron chi connectivity index (χ2n) is 4.59. The van der Waals surface area contributed by atoms with Crippen molar-refractivity contribution in [3.8, 4) is 0 Å². The Kier molecular flexibility index (Phi) is 6.90. The van der Waals surface area contributed by atoms with Crippen LogP contribution in [0.15, 0.2) is 29.2 Å². The van der Waals surface area contributed by atoms with Gasteiger partial charge in [-0.25, -0.2) is 13.2 Å². The summed E-state index contributed by atoms with van der Waals surface area (Å²) in [7, 11) is -1.55. The van der Waals surface area contributed by atoms with Gasteiger partial charge in [-0.15, -0.1) is 0 Å². The van der Waals surface area contributed by atoms with Gasteiger partial charge in [-0.1, -0.05) is 4.47 Å². The molecule has 0 aliphatic rings. The van der Waals surface area contributed by atoms with Crippen molar-refractivity contribution in [2.75, 3.05) is 27.3 Å². The van der Waals surface area contributed by atoms with Crippen LogP contribution in [0, 0.1) is 0 Å². The number of nitrogens with zero attached hydrogens (tertiary/aromatic N) is 1. The standard InChI is InChI=1S/C13H15F3N2O6S/c1-18(23-2)25(21,22)10-5-3-9(4-6-10)12(20)24-7-11(19)17-8-13(14,15)16/h3-6H,7-8H2,1-2H3,(H,17,19). The number of nitrogens with one attached hydrogen (secondary N) is 1. The fourth-order valence-corrected chi connectivity index (χ4v) is 2.45. The van der Waals surface area contributed by atoms with Crippen LogP contribution < -0.4 is 5.32 Å². The summed E-state index contributed by atoms with van der Waals surface area (Å²) < 4.78 is 64.8. The molecule has 0 unspecified atom stereocenters. The Morgan fingerprint density at radius 1 is 1.20 bits per heavy atom. The van der Waals surface area contributed by atoms with E-state index in [1.807, 2.05) is 0 Å². The minimum Gasteiger partial charge on any atom is -0.452 e. The van der Waals surface area contributed by atoms with E-state index in [0.717, 1.165) is 31.4 Å². The van der Waals surface area contributed by atoms with E-state index >= 15 is 0 Å². The van der Waals surface area contributed by atoms with Crippen molar-refractivity contribution in [3.05, 3.63) is 29.8 Å². The molecule has 0 saturated carbocycles. The molecule has 1 N–H and O–H groups in total. The molecule has 25 heavy (non-hydrogen) atoms. The van der Waals surface area contributed by atoms with Gasteiger partial charge in [0.1, 0.15) is 6.54 Å². The summed E-state index contributed by atoms with van der Waals surface area (Å²) in [6.07, 6.45) is -4.57. The van der Waals surface area contributed by atoms with Crippen molar-refractivity contribution >= 4 is 21.9 Å². The van der Waals surface area contributed by atoms with Crippen LogP contribution in [-0.4, -0.2) is 58.2 Å². The number of halogens is 3. The highest BCUT2D eigenvalue weighted by molar-refractivity contribution is 7.89. The molecule has 1 aromatic rings. The molecule has 0 saturated heterocycles. The molecule has 0 fully saturated rings. The number of carbonyl (C=O) groups is 2. The van der Waals surface area contributed by atoms with E-state index in [1.54, 1.807) is 0 Å². The molecule has 1 aromatic carbocycles. The summed E-state index contributed by atoms with van der Waals surface area (Å²) in [4.78, 5) is 27.3. The second kappa shape index (κ2) is 8.27. The lowest BCUT2D eigenvalue weighted by atomic mass is 10.2. The Balaban J connectivity index is 2.65. The monoisotopic (exact) mass is 384 g/mol. The quantitative estimate of drug-likeness (QED) is 0.549. The predicted molar refractivity (Wildman–Crippen MR) is 77.7 cm³/mol. The lowest BCUT2D eigenvalue weighted by Gasteiger charge is -2.14. The van der Waals surface area contributed by atoms with Gasteiger partial charge in [-0.3, -0.25) is 9.63 Å². The number of hydroxylamine groups is 1. The average Bonchev–Trinajstić information content (AvgIpc) is 2.56. The summed E-state index contributed by atoms with van der Waals surface area (Å²) in [5, 5.41) is 1.54. The molecular formula is C13H15F3N2O6S. The molecular weight excluding hydrogens is 369 g/mol. The second-order valence-corrected chi connectivity index (χ2v) is 6.53. The van der Waals surface area contributed by atoms with Crippen molar-refractivity contribution in [2.24, 2.45) is 0 Å². The molecule has 1 rings (SSSR count). The first-order valence-corrected chi connectivity index (χ1v) is 8.05. The summed E-state index contributed by atoms with van der Waals surface area (Å²) in [5.74, 6) is -2.11. The number of ether oxygens (including phenoxy) is 1. The molecule has 0 atom stereocenters. The maximum absolute atomic E-state index is 12.0. The third-order valence-electron chi connectivity index (χ3n) is 2.80. The first-order chi connectivity index (χ1) is 11.5. The van der Waals surface area contributed by atoms with Crippen LogP contribution in [0.4, 0.5) is 13.2 Å². The molecule has 0 aromatic heterocycles. The molecule has 0 radical (unpaired) electrons. The molecule has 0 spiro atoms. The minimum atomic E-state index is -4.57. The number of rotatable bonds is 7. The molecule has 0 bridgehead atoms. The van der Waals surface area contributed by atoms with Crippen molar-refractivity contribution in [1.29, 1.82) is 0 Å². The topological polar surface area (TPSA) is 102 Å². The summed E-state index contributed by atoms with van der Waals surface area (Å²) in [6, 6.07) is 4.50. The normalized spacial score (nSPS) is 12.1. The van der Waals surface area contributed by atoms with Crippen LogP contribution in [0.2, 0.25) is 0 Å². The SMILES string of the molecule is CON(C)S(=O)(=O)c1ccc(C(=O)OCC(=O)NCC(F)(F)F)cc1. The van der Waals surface area contributed by atoms with Gasteiger partial charge in [-0.05, 0) is 24.3 Å². The van der Waals surface area contributed by atoms with Crippen LogP contribution in [0.25, 0.3) is 0 Å². The zero-order chi connectivity index (χ0) is 19.3. The molecule has 1 amide bonds. The van der Waals surface area contributed by atoms with E-state index in [1.165, 1.54) is 12.4 Å². The fraction of sp³-hybridized carbons (Fsp3) is 0.385. The highest BCUT2D eigenvalue weighted by Crippen LogP contribution is 2.16. The Bertz CT molecular complexity index is 718. The Morgan fingerprint density at radius 2 is 1.76 bits per heavy atom. The summed E-state index contributed by atoms with van der Waals surface area (Å²) >= 11 is 0. The van der Waals surface area contributed by atoms with Crippen molar-refractivity contribution in [2.45, 2.75) is 11.1 Å². The van der Waals surface area contributed by atoms with Gasteiger partial charge in [0.25, 0.3) is 15.9 Å². The molecule has 140 valence electrons. The predicted octanol–water partition coefficient (Wildman–Crippen LogP) is 0.704. The molecule has 0 aliphatic heterocycles. The van der Waals surface area contributed by atoms with Crippen LogP contribution in [-0.2, 0) is 24.4 Å².